The number of ketones is 1. The minimum absolute atomic E-state index is 0.124. The topological polar surface area (TPSA) is 37.6 Å². The van der Waals surface area contributed by atoms with Crippen LogP contribution in [0.4, 0.5) is 0 Å². The van der Waals surface area contributed by atoms with E-state index in [2.05, 4.69) is 9.56 Å². The lowest BCUT2D eigenvalue weighted by molar-refractivity contribution is 0.0966. The fraction of sp³-hybridized carbons (Fsp3) is 0.333. The minimum Gasteiger partial charge on any atom is -0.353 e. The maximum Gasteiger partial charge on any atom is 0.183 e. The number of aromatic nitrogens is 1. The first kappa shape index (κ1) is 15.8. The van der Waals surface area contributed by atoms with Crippen LogP contribution in [-0.4, -0.2) is 40.7 Å². The van der Waals surface area contributed by atoms with Crippen LogP contribution in [-0.2, 0) is 0 Å². The van der Waals surface area contributed by atoms with Crippen molar-refractivity contribution in [3.05, 3.63) is 52.3 Å². The van der Waals surface area contributed by atoms with E-state index in [1.54, 1.807) is 6.34 Å². The van der Waals surface area contributed by atoms with Gasteiger partial charge in [-0.15, -0.1) is 0 Å². The van der Waals surface area contributed by atoms with Gasteiger partial charge in [0.15, 0.2) is 5.78 Å². The van der Waals surface area contributed by atoms with E-state index in [-0.39, 0.29) is 11.8 Å². The lowest BCUT2D eigenvalue weighted by Crippen LogP contribution is -2.28. The smallest absolute Gasteiger partial charge is 0.183 e. The number of carbonyl (C=O) groups is 1. The molecular formula is C18H20ClN3O. The van der Waals surface area contributed by atoms with Crippen molar-refractivity contribution in [2.75, 3.05) is 13.1 Å². The average molecular weight is 330 g/mol. The van der Waals surface area contributed by atoms with Gasteiger partial charge in [0.1, 0.15) is 0 Å². The zero-order chi connectivity index (χ0) is 16.6. The third-order valence-corrected chi connectivity index (χ3v) is 4.40. The second kappa shape index (κ2) is 6.20. The summed E-state index contributed by atoms with van der Waals surface area (Å²) in [6.45, 7) is 7.22. The Morgan fingerprint density at radius 3 is 2.61 bits per heavy atom. The van der Waals surface area contributed by atoms with E-state index in [0.29, 0.717) is 11.6 Å². The van der Waals surface area contributed by atoms with Crippen LogP contribution in [0.2, 0.25) is 5.02 Å². The summed E-state index contributed by atoms with van der Waals surface area (Å²) in [7, 11) is 0. The molecule has 0 N–H and O–H groups in total. The standard InChI is InChI=1S/C18H20ClN3O/c1-12-9-21(11-20-12)10-18(23)17-8-13(2)22(14(17)3)16-6-4-15(19)5-7-16/h4-8,11-12H,9-10H2,1-3H3. The highest BCUT2D eigenvalue weighted by atomic mass is 35.5. The molecule has 2 heterocycles. The summed E-state index contributed by atoms with van der Waals surface area (Å²) in [5.74, 6) is 0.124. The number of hydrogen-bond acceptors (Lipinski definition) is 3. The fourth-order valence-corrected chi connectivity index (χ4v) is 3.18. The molecule has 4 nitrogen and oxygen atoms in total. The van der Waals surface area contributed by atoms with Gasteiger partial charge in [0.2, 0.25) is 0 Å². The molecule has 23 heavy (non-hydrogen) atoms. The summed E-state index contributed by atoms with van der Waals surface area (Å²) in [4.78, 5) is 18.9. The monoisotopic (exact) mass is 329 g/mol. The summed E-state index contributed by atoms with van der Waals surface area (Å²) in [5.41, 5.74) is 3.78. The van der Waals surface area contributed by atoms with E-state index in [4.69, 9.17) is 11.6 Å². The number of rotatable bonds is 4. The fourth-order valence-electron chi connectivity index (χ4n) is 3.05. The van der Waals surface area contributed by atoms with Crippen LogP contribution in [0.5, 0.6) is 0 Å². The molecule has 0 aliphatic carbocycles. The van der Waals surface area contributed by atoms with Crippen LogP contribution in [0.25, 0.3) is 5.69 Å². The van der Waals surface area contributed by atoms with E-state index < -0.39 is 0 Å². The highest BCUT2D eigenvalue weighted by Gasteiger charge is 2.20. The molecule has 1 aromatic heterocycles. The molecule has 3 rings (SSSR count). The molecule has 0 radical (unpaired) electrons. The molecule has 1 atom stereocenters. The van der Waals surface area contributed by atoms with Gasteiger partial charge in [-0.05, 0) is 51.1 Å². The molecule has 5 heteroatoms. The van der Waals surface area contributed by atoms with Gasteiger partial charge in [0.25, 0.3) is 0 Å². The summed E-state index contributed by atoms with van der Waals surface area (Å²) in [6.07, 6.45) is 1.78. The number of Topliss-reactive ketones (excluding diaryl/α,β-unsaturated/α-hetero) is 1. The predicted molar refractivity (Wildman–Crippen MR) is 94.1 cm³/mol. The van der Waals surface area contributed by atoms with Crippen LogP contribution in [0.3, 0.4) is 0 Å². The van der Waals surface area contributed by atoms with Gasteiger partial charge in [0, 0.05) is 34.2 Å². The molecule has 0 saturated heterocycles. The molecule has 1 aromatic carbocycles. The number of nitrogens with zero attached hydrogens (tertiary/aromatic N) is 3. The number of hydrogen-bond donors (Lipinski definition) is 0. The van der Waals surface area contributed by atoms with Crippen molar-refractivity contribution in [1.29, 1.82) is 0 Å². The van der Waals surface area contributed by atoms with Crippen LogP contribution < -0.4 is 0 Å². The van der Waals surface area contributed by atoms with Crippen molar-refractivity contribution in [2.24, 2.45) is 4.99 Å². The van der Waals surface area contributed by atoms with E-state index >= 15 is 0 Å². The maximum atomic E-state index is 12.6. The Morgan fingerprint density at radius 2 is 2.00 bits per heavy atom. The van der Waals surface area contributed by atoms with Crippen molar-refractivity contribution in [2.45, 2.75) is 26.8 Å². The van der Waals surface area contributed by atoms with E-state index in [1.165, 1.54) is 0 Å². The van der Waals surface area contributed by atoms with Crippen molar-refractivity contribution < 1.29 is 4.79 Å². The number of benzene rings is 1. The van der Waals surface area contributed by atoms with Crippen LogP contribution in [0.15, 0.2) is 35.3 Å². The van der Waals surface area contributed by atoms with Gasteiger partial charge in [0.05, 0.1) is 18.9 Å². The Hall–Kier alpha value is -2.07. The molecular weight excluding hydrogens is 310 g/mol. The van der Waals surface area contributed by atoms with Crippen LogP contribution >= 0.6 is 11.6 Å². The Kier molecular flexibility index (Phi) is 4.26. The number of aliphatic imine (C=N–C) groups is 1. The summed E-state index contributed by atoms with van der Waals surface area (Å²) < 4.78 is 2.09. The Balaban J connectivity index is 1.87. The average Bonchev–Trinajstić information content (AvgIpc) is 3.04. The first-order valence-electron chi connectivity index (χ1n) is 7.71. The minimum atomic E-state index is 0.124. The Bertz CT molecular complexity index is 761. The first-order valence-corrected chi connectivity index (χ1v) is 8.09. The van der Waals surface area contributed by atoms with Crippen LogP contribution in [0.1, 0.15) is 28.7 Å². The molecule has 1 aliphatic rings. The zero-order valence-corrected chi connectivity index (χ0v) is 14.3. The Morgan fingerprint density at radius 1 is 1.30 bits per heavy atom. The van der Waals surface area contributed by atoms with Crippen molar-refractivity contribution >= 4 is 23.7 Å². The lowest BCUT2D eigenvalue weighted by atomic mass is 10.1. The lowest BCUT2D eigenvalue weighted by Gasteiger charge is -2.14. The van der Waals surface area contributed by atoms with Crippen LogP contribution in [0, 0.1) is 13.8 Å². The van der Waals surface area contributed by atoms with Crippen molar-refractivity contribution in [3.63, 3.8) is 0 Å². The van der Waals surface area contributed by atoms with Crippen molar-refractivity contribution in [1.82, 2.24) is 9.47 Å². The van der Waals surface area contributed by atoms with E-state index in [0.717, 1.165) is 29.2 Å². The SMILES string of the molecule is Cc1cc(C(=O)CN2C=NC(C)C2)c(C)n1-c1ccc(Cl)cc1. The molecule has 2 aromatic rings. The zero-order valence-electron chi connectivity index (χ0n) is 13.6. The second-order valence-electron chi connectivity index (χ2n) is 6.06. The molecule has 0 bridgehead atoms. The van der Waals surface area contributed by atoms with Gasteiger partial charge >= 0.3 is 0 Å². The molecule has 1 unspecified atom stereocenters. The van der Waals surface area contributed by atoms with E-state index in [1.807, 2.05) is 56.0 Å². The molecule has 0 spiro atoms. The highest BCUT2D eigenvalue weighted by molar-refractivity contribution is 6.30. The molecule has 0 saturated carbocycles. The summed E-state index contributed by atoms with van der Waals surface area (Å²) >= 11 is 5.96. The highest BCUT2D eigenvalue weighted by Crippen LogP contribution is 2.23. The second-order valence-corrected chi connectivity index (χ2v) is 6.50. The third kappa shape index (κ3) is 3.17. The summed E-state index contributed by atoms with van der Waals surface area (Å²) in [5, 5.41) is 0.704. The predicted octanol–water partition coefficient (Wildman–Crippen LogP) is 3.66. The molecule has 1 aliphatic heterocycles. The number of halogens is 1. The van der Waals surface area contributed by atoms with Gasteiger partial charge in [-0.1, -0.05) is 11.6 Å². The normalized spacial score (nSPS) is 17.0. The van der Waals surface area contributed by atoms with E-state index in [9.17, 15) is 4.79 Å². The number of carbonyl (C=O) groups excluding carboxylic acids is 1. The number of aryl methyl sites for hydroxylation is 1. The quantitative estimate of drug-likeness (QED) is 0.803. The Labute approximate surface area is 141 Å². The molecule has 120 valence electrons. The third-order valence-electron chi connectivity index (χ3n) is 4.15. The first-order chi connectivity index (χ1) is 11.0. The molecule has 0 fully saturated rings. The molecule has 0 amide bonds. The van der Waals surface area contributed by atoms with Crippen molar-refractivity contribution in [3.8, 4) is 5.69 Å². The largest absolute Gasteiger partial charge is 0.353 e. The van der Waals surface area contributed by atoms with Gasteiger partial charge in [-0.2, -0.15) is 0 Å². The van der Waals surface area contributed by atoms with Gasteiger partial charge in [-0.3, -0.25) is 9.79 Å². The summed E-state index contributed by atoms with van der Waals surface area (Å²) in [6, 6.07) is 9.88. The van der Waals surface area contributed by atoms with Gasteiger partial charge < -0.3 is 9.47 Å². The maximum absolute atomic E-state index is 12.6. The van der Waals surface area contributed by atoms with Gasteiger partial charge in [-0.25, -0.2) is 0 Å².